The molecule has 2 saturated carbocycles. The second-order valence-electron chi connectivity index (χ2n) is 7.67. The zero-order chi connectivity index (χ0) is 17.7. The average Bonchev–Trinajstić information content (AvgIpc) is 3.13. The van der Waals surface area contributed by atoms with Crippen molar-refractivity contribution < 1.29 is 14.3 Å². The number of nitrogens with one attached hydrogen (secondary N) is 1. The molecule has 2 aliphatic rings. The molecule has 2 fully saturated rings. The monoisotopic (exact) mass is 343 g/mol. The lowest BCUT2D eigenvalue weighted by atomic mass is 9.79. The Bertz CT molecular complexity index is 592. The van der Waals surface area contributed by atoms with Crippen molar-refractivity contribution in [1.29, 1.82) is 0 Å². The van der Waals surface area contributed by atoms with Gasteiger partial charge in [-0.05, 0) is 37.2 Å². The second-order valence-corrected chi connectivity index (χ2v) is 7.67. The lowest BCUT2D eigenvalue weighted by molar-refractivity contribution is -0.154. The molecule has 1 aromatic rings. The van der Waals surface area contributed by atoms with Crippen LogP contribution in [-0.2, 0) is 19.7 Å². The predicted octanol–water partition coefficient (Wildman–Crippen LogP) is 3.74. The fraction of sp³-hybridized carbons (Fsp3) is 0.619. The first kappa shape index (κ1) is 18.0. The summed E-state index contributed by atoms with van der Waals surface area (Å²) in [5.41, 5.74) is 0.443. The van der Waals surface area contributed by atoms with Crippen LogP contribution in [0.25, 0.3) is 0 Å². The van der Waals surface area contributed by atoms with E-state index < -0.39 is 5.41 Å². The molecule has 0 saturated heterocycles. The molecule has 0 unspecified atom stereocenters. The predicted molar refractivity (Wildman–Crippen MR) is 97.1 cm³/mol. The van der Waals surface area contributed by atoms with Crippen molar-refractivity contribution in [2.45, 2.75) is 69.7 Å². The Kier molecular flexibility index (Phi) is 5.77. The molecular formula is C21H29NO3. The third-order valence-electron chi connectivity index (χ3n) is 5.97. The Morgan fingerprint density at radius 2 is 1.76 bits per heavy atom. The first-order valence-electron chi connectivity index (χ1n) is 9.64. The van der Waals surface area contributed by atoms with Crippen molar-refractivity contribution in [3.63, 3.8) is 0 Å². The summed E-state index contributed by atoms with van der Waals surface area (Å²) in [5.74, 6) is 0.0789. The van der Waals surface area contributed by atoms with Crippen LogP contribution in [0.5, 0.6) is 0 Å². The fourth-order valence-electron chi connectivity index (χ4n) is 4.39. The quantitative estimate of drug-likeness (QED) is 0.829. The van der Waals surface area contributed by atoms with Gasteiger partial charge in [0.2, 0.25) is 0 Å². The summed E-state index contributed by atoms with van der Waals surface area (Å²) in [6, 6.07) is 10.1. The largest absolute Gasteiger partial charge is 0.455 e. The number of amides is 1. The van der Waals surface area contributed by atoms with Crippen LogP contribution < -0.4 is 5.32 Å². The summed E-state index contributed by atoms with van der Waals surface area (Å²) in [4.78, 5) is 25.1. The van der Waals surface area contributed by atoms with Crippen LogP contribution in [0.1, 0.15) is 63.9 Å². The minimum absolute atomic E-state index is 0.170. The van der Waals surface area contributed by atoms with E-state index in [1.54, 1.807) is 0 Å². The highest BCUT2D eigenvalue weighted by atomic mass is 16.5. The maximum atomic E-state index is 12.8. The number of rotatable bonds is 5. The highest BCUT2D eigenvalue weighted by Crippen LogP contribution is 2.42. The molecule has 0 aliphatic heterocycles. The van der Waals surface area contributed by atoms with Gasteiger partial charge in [0.1, 0.15) is 0 Å². The number of hydrogen-bond acceptors (Lipinski definition) is 3. The molecule has 25 heavy (non-hydrogen) atoms. The molecule has 2 atom stereocenters. The molecule has 1 amide bonds. The molecule has 1 N–H and O–H groups in total. The van der Waals surface area contributed by atoms with Gasteiger partial charge in [-0.15, -0.1) is 0 Å². The molecule has 0 heterocycles. The third kappa shape index (κ3) is 4.05. The van der Waals surface area contributed by atoms with Gasteiger partial charge >= 0.3 is 5.97 Å². The topological polar surface area (TPSA) is 55.4 Å². The van der Waals surface area contributed by atoms with Gasteiger partial charge in [-0.25, -0.2) is 0 Å². The second kappa shape index (κ2) is 8.03. The van der Waals surface area contributed by atoms with Gasteiger partial charge in [0.25, 0.3) is 5.91 Å². The average molecular weight is 343 g/mol. The molecule has 0 radical (unpaired) electrons. The van der Waals surface area contributed by atoms with E-state index in [-0.39, 0.29) is 24.5 Å². The van der Waals surface area contributed by atoms with Crippen molar-refractivity contribution in [2.24, 2.45) is 5.92 Å². The normalized spacial score (nSPS) is 25.3. The van der Waals surface area contributed by atoms with Gasteiger partial charge in [-0.3, -0.25) is 9.59 Å². The summed E-state index contributed by atoms with van der Waals surface area (Å²) in [6.07, 6.45) is 8.23. The van der Waals surface area contributed by atoms with Gasteiger partial charge in [-0.1, -0.05) is 62.9 Å². The Balaban J connectivity index is 1.58. The molecule has 0 spiro atoms. The van der Waals surface area contributed by atoms with Crippen LogP contribution in [0.2, 0.25) is 0 Å². The van der Waals surface area contributed by atoms with Crippen molar-refractivity contribution in [3.05, 3.63) is 35.9 Å². The lowest BCUT2D eigenvalue weighted by Gasteiger charge is -2.30. The highest BCUT2D eigenvalue weighted by molar-refractivity contribution is 5.86. The van der Waals surface area contributed by atoms with E-state index in [1.807, 2.05) is 30.3 Å². The maximum absolute atomic E-state index is 12.8. The standard InChI is InChI=1S/C21H29NO3/c1-16-9-5-6-12-18(16)22-19(23)15-25-20(24)21(13-7-8-14-21)17-10-3-2-4-11-17/h2-4,10-11,16,18H,5-9,12-15H2,1H3,(H,22,23)/t16-,18+/m1/s1. The van der Waals surface area contributed by atoms with Crippen molar-refractivity contribution in [2.75, 3.05) is 6.61 Å². The van der Waals surface area contributed by atoms with Gasteiger partial charge in [0.05, 0.1) is 5.41 Å². The summed E-state index contributed by atoms with van der Waals surface area (Å²) >= 11 is 0. The van der Waals surface area contributed by atoms with Crippen molar-refractivity contribution >= 4 is 11.9 Å². The van der Waals surface area contributed by atoms with Crippen molar-refractivity contribution in [3.8, 4) is 0 Å². The minimum Gasteiger partial charge on any atom is -0.455 e. The molecule has 0 bridgehead atoms. The van der Waals surface area contributed by atoms with Crippen LogP contribution >= 0.6 is 0 Å². The van der Waals surface area contributed by atoms with E-state index >= 15 is 0 Å². The van der Waals surface area contributed by atoms with Crippen LogP contribution in [0.3, 0.4) is 0 Å². The van der Waals surface area contributed by atoms with E-state index in [0.717, 1.165) is 50.5 Å². The molecule has 136 valence electrons. The summed E-state index contributed by atoms with van der Waals surface area (Å²) in [7, 11) is 0. The summed E-state index contributed by atoms with van der Waals surface area (Å²) < 4.78 is 5.47. The third-order valence-corrected chi connectivity index (χ3v) is 5.97. The Hall–Kier alpha value is -1.84. The molecule has 1 aromatic carbocycles. The number of carbonyl (C=O) groups is 2. The van der Waals surface area contributed by atoms with Crippen LogP contribution in [0, 0.1) is 5.92 Å². The van der Waals surface area contributed by atoms with Crippen molar-refractivity contribution in [1.82, 2.24) is 5.32 Å². The first-order valence-corrected chi connectivity index (χ1v) is 9.64. The smallest absolute Gasteiger partial charge is 0.317 e. The molecular weight excluding hydrogens is 314 g/mol. The zero-order valence-corrected chi connectivity index (χ0v) is 15.1. The highest BCUT2D eigenvalue weighted by Gasteiger charge is 2.44. The van der Waals surface area contributed by atoms with Crippen LogP contribution in [0.15, 0.2) is 30.3 Å². The first-order chi connectivity index (χ1) is 12.1. The van der Waals surface area contributed by atoms with E-state index in [4.69, 9.17) is 4.74 Å². The maximum Gasteiger partial charge on any atom is 0.317 e. The number of esters is 1. The van der Waals surface area contributed by atoms with E-state index in [9.17, 15) is 9.59 Å². The Morgan fingerprint density at radius 1 is 1.08 bits per heavy atom. The van der Waals surface area contributed by atoms with Crippen LogP contribution in [-0.4, -0.2) is 24.5 Å². The fourth-order valence-corrected chi connectivity index (χ4v) is 4.39. The van der Waals surface area contributed by atoms with Gasteiger partial charge < -0.3 is 10.1 Å². The van der Waals surface area contributed by atoms with Gasteiger partial charge in [0.15, 0.2) is 6.61 Å². The zero-order valence-electron chi connectivity index (χ0n) is 15.1. The Labute approximate surface area is 150 Å². The Morgan fingerprint density at radius 3 is 2.44 bits per heavy atom. The molecule has 4 heteroatoms. The SMILES string of the molecule is C[C@@H]1CCCC[C@@H]1NC(=O)COC(=O)C1(c2ccccc2)CCCC1. The molecule has 0 aromatic heterocycles. The minimum atomic E-state index is -0.570. The van der Waals surface area contributed by atoms with Gasteiger partial charge in [0, 0.05) is 6.04 Å². The number of hydrogen-bond donors (Lipinski definition) is 1. The number of carbonyl (C=O) groups excluding carboxylic acids is 2. The summed E-state index contributed by atoms with van der Waals surface area (Å²) in [5, 5.41) is 3.05. The molecule has 4 nitrogen and oxygen atoms in total. The van der Waals surface area contributed by atoms with E-state index in [2.05, 4.69) is 12.2 Å². The lowest BCUT2D eigenvalue weighted by Crippen LogP contribution is -2.44. The van der Waals surface area contributed by atoms with Crippen LogP contribution in [0.4, 0.5) is 0 Å². The van der Waals surface area contributed by atoms with E-state index in [0.29, 0.717) is 5.92 Å². The summed E-state index contributed by atoms with van der Waals surface area (Å²) in [6.45, 7) is 2.01. The molecule has 2 aliphatic carbocycles. The van der Waals surface area contributed by atoms with Gasteiger partial charge in [-0.2, -0.15) is 0 Å². The number of benzene rings is 1. The molecule has 3 rings (SSSR count). The number of ether oxygens (including phenoxy) is 1. The van der Waals surface area contributed by atoms with E-state index in [1.165, 1.54) is 6.42 Å².